The van der Waals surface area contributed by atoms with Crippen LogP contribution in [-0.4, -0.2) is 18.4 Å². The van der Waals surface area contributed by atoms with Gasteiger partial charge in [0, 0.05) is 19.3 Å². The molecule has 0 aliphatic heterocycles. The minimum atomic E-state index is -0.252. The summed E-state index contributed by atoms with van der Waals surface area (Å²) < 4.78 is 4.99. The Morgan fingerprint density at radius 1 is 1.28 bits per heavy atom. The molecule has 2 aliphatic carbocycles. The van der Waals surface area contributed by atoms with Crippen molar-refractivity contribution >= 4 is 11.8 Å². The number of allylic oxidation sites excluding steroid dienone is 4. The third kappa shape index (κ3) is 8.21. The highest BCUT2D eigenvalue weighted by Crippen LogP contribution is 2.50. The molecule has 0 aromatic heterocycles. The number of Topliss-reactive ketones (excluding diaryl/α,β-unsaturated/α-hetero) is 1. The van der Waals surface area contributed by atoms with Crippen molar-refractivity contribution in [2.45, 2.75) is 85.0 Å². The zero-order valence-corrected chi connectivity index (χ0v) is 18.5. The molecule has 2 saturated carbocycles. The number of unbranched alkanes of at least 4 members (excludes halogenated alkanes) is 1. The van der Waals surface area contributed by atoms with Gasteiger partial charge in [-0.1, -0.05) is 37.6 Å². The highest BCUT2D eigenvalue weighted by molar-refractivity contribution is 5.82. The summed E-state index contributed by atoms with van der Waals surface area (Å²) in [5.74, 6) is 8.93. The van der Waals surface area contributed by atoms with Crippen LogP contribution in [0.2, 0.25) is 0 Å². The first-order valence-electron chi connectivity index (χ1n) is 11.4. The first kappa shape index (κ1) is 23.5. The quantitative estimate of drug-likeness (QED) is 0.184. The maximum absolute atomic E-state index is 11.7. The Kier molecular flexibility index (Phi) is 10.3. The Labute approximate surface area is 177 Å². The zero-order valence-electron chi connectivity index (χ0n) is 18.5. The van der Waals surface area contributed by atoms with Crippen molar-refractivity contribution in [1.82, 2.24) is 0 Å². The molecular weight excluding hydrogens is 360 g/mol. The number of carbonyl (C=O) groups is 2. The van der Waals surface area contributed by atoms with Crippen molar-refractivity contribution < 1.29 is 14.3 Å². The fourth-order valence-electron chi connectivity index (χ4n) is 4.62. The summed E-state index contributed by atoms with van der Waals surface area (Å²) in [6.07, 6.45) is 17.1. The van der Waals surface area contributed by atoms with Gasteiger partial charge in [-0.15, -0.1) is 11.8 Å². The fourth-order valence-corrected chi connectivity index (χ4v) is 4.62. The molecule has 0 heterocycles. The largest absolute Gasteiger partial charge is 0.458 e. The van der Waals surface area contributed by atoms with E-state index in [1.807, 2.05) is 6.92 Å². The van der Waals surface area contributed by atoms with Crippen LogP contribution in [0, 0.1) is 35.5 Å². The van der Waals surface area contributed by atoms with Gasteiger partial charge in [0.2, 0.25) is 0 Å². The van der Waals surface area contributed by atoms with E-state index in [4.69, 9.17) is 4.74 Å². The Morgan fingerprint density at radius 2 is 2.10 bits per heavy atom. The summed E-state index contributed by atoms with van der Waals surface area (Å²) in [7, 11) is 0. The normalized spacial score (nSPS) is 25.6. The van der Waals surface area contributed by atoms with Crippen LogP contribution in [0.5, 0.6) is 0 Å². The molecule has 4 atom stereocenters. The summed E-state index contributed by atoms with van der Waals surface area (Å²) in [6, 6.07) is 0. The molecule has 0 aromatic rings. The number of fused-ring (bicyclic) bond motifs is 1. The average Bonchev–Trinajstić information content (AvgIpc) is 3.28. The molecular formula is C26H38O3. The lowest BCUT2D eigenvalue weighted by molar-refractivity contribution is -0.147. The monoisotopic (exact) mass is 398 g/mol. The number of ketones is 1. The topological polar surface area (TPSA) is 43.4 Å². The van der Waals surface area contributed by atoms with E-state index in [-0.39, 0.29) is 18.4 Å². The molecule has 0 aromatic carbocycles. The zero-order chi connectivity index (χ0) is 21.1. The van der Waals surface area contributed by atoms with Crippen LogP contribution in [0.3, 0.4) is 0 Å². The van der Waals surface area contributed by atoms with Gasteiger partial charge in [0.05, 0.1) is 0 Å². The molecule has 0 amide bonds. The molecule has 0 spiro atoms. The van der Waals surface area contributed by atoms with E-state index < -0.39 is 0 Å². The van der Waals surface area contributed by atoms with Crippen molar-refractivity contribution in [1.29, 1.82) is 0 Å². The summed E-state index contributed by atoms with van der Waals surface area (Å²) in [6.45, 7) is 5.90. The van der Waals surface area contributed by atoms with Gasteiger partial charge in [0.1, 0.15) is 6.61 Å². The van der Waals surface area contributed by atoms with Crippen molar-refractivity contribution in [2.24, 2.45) is 23.7 Å². The highest BCUT2D eigenvalue weighted by atomic mass is 16.5. The Bertz CT molecular complexity index is 661. The second-order valence-corrected chi connectivity index (χ2v) is 8.78. The molecule has 0 bridgehead atoms. The lowest BCUT2D eigenvalue weighted by Gasteiger charge is -2.14. The third-order valence-electron chi connectivity index (χ3n) is 6.40. The van der Waals surface area contributed by atoms with Gasteiger partial charge in [-0.25, -0.2) is 0 Å². The van der Waals surface area contributed by atoms with E-state index in [1.54, 1.807) is 12.5 Å². The third-order valence-corrected chi connectivity index (χ3v) is 6.40. The van der Waals surface area contributed by atoms with Gasteiger partial charge in [-0.2, -0.15) is 0 Å². The first-order chi connectivity index (χ1) is 14.0. The smallest absolute Gasteiger partial charge is 0.306 e. The van der Waals surface area contributed by atoms with E-state index in [9.17, 15) is 9.59 Å². The average molecular weight is 399 g/mol. The van der Waals surface area contributed by atoms with E-state index >= 15 is 0 Å². The van der Waals surface area contributed by atoms with Gasteiger partial charge in [-0.3, -0.25) is 9.59 Å². The van der Waals surface area contributed by atoms with Crippen LogP contribution in [0.15, 0.2) is 23.8 Å². The van der Waals surface area contributed by atoms with Crippen LogP contribution in [0.25, 0.3) is 0 Å². The van der Waals surface area contributed by atoms with Crippen molar-refractivity contribution in [2.75, 3.05) is 6.61 Å². The molecule has 2 aliphatic rings. The van der Waals surface area contributed by atoms with E-state index in [0.717, 1.165) is 43.4 Å². The molecule has 29 heavy (non-hydrogen) atoms. The number of hydrogen-bond acceptors (Lipinski definition) is 3. The summed E-state index contributed by atoms with van der Waals surface area (Å²) in [4.78, 5) is 22.8. The number of esters is 1. The number of rotatable bonds is 11. The molecule has 3 nitrogen and oxygen atoms in total. The minimum Gasteiger partial charge on any atom is -0.458 e. The first-order valence-corrected chi connectivity index (χ1v) is 11.4. The van der Waals surface area contributed by atoms with Crippen molar-refractivity contribution in [3.8, 4) is 11.8 Å². The predicted octanol–water partition coefficient (Wildman–Crippen LogP) is 6.04. The second kappa shape index (κ2) is 12.7. The lowest BCUT2D eigenvalue weighted by atomic mass is 9.91. The molecule has 0 saturated heterocycles. The van der Waals surface area contributed by atoms with Gasteiger partial charge in [0.15, 0.2) is 5.78 Å². The van der Waals surface area contributed by atoms with Crippen LogP contribution in [0.1, 0.15) is 85.0 Å². The Hall–Kier alpha value is -1.82. The Morgan fingerprint density at radius 3 is 2.86 bits per heavy atom. The molecule has 160 valence electrons. The van der Waals surface area contributed by atoms with Crippen molar-refractivity contribution in [3.05, 3.63) is 23.8 Å². The van der Waals surface area contributed by atoms with Crippen LogP contribution < -0.4 is 0 Å². The van der Waals surface area contributed by atoms with E-state index in [1.165, 1.54) is 25.7 Å². The fraction of sp³-hybridized carbons (Fsp3) is 0.692. The minimum absolute atomic E-state index is 0.0225. The van der Waals surface area contributed by atoms with Crippen LogP contribution in [0.4, 0.5) is 0 Å². The van der Waals surface area contributed by atoms with Crippen LogP contribution in [-0.2, 0) is 14.3 Å². The lowest BCUT2D eigenvalue weighted by Crippen LogP contribution is -2.12. The van der Waals surface area contributed by atoms with E-state index in [2.05, 4.69) is 37.0 Å². The van der Waals surface area contributed by atoms with E-state index in [0.29, 0.717) is 18.8 Å². The molecule has 3 heteroatoms. The molecule has 2 rings (SSSR count). The van der Waals surface area contributed by atoms with Crippen LogP contribution >= 0.6 is 0 Å². The molecule has 2 unspecified atom stereocenters. The highest BCUT2D eigenvalue weighted by Gasteiger charge is 2.39. The summed E-state index contributed by atoms with van der Waals surface area (Å²) in [5, 5.41) is 0. The number of ether oxygens (including phenoxy) is 1. The molecule has 0 radical (unpaired) electrons. The van der Waals surface area contributed by atoms with Gasteiger partial charge in [-0.05, 0) is 75.5 Å². The number of carbonyl (C=O) groups excluding carboxylic acids is 2. The van der Waals surface area contributed by atoms with Crippen molar-refractivity contribution in [3.63, 3.8) is 0 Å². The SMILES string of the molecule is CC#CCC(C)C/C=C/C1CC[C@@H]2C/C(=C\CCCC(=O)OCC(=O)CC)C[C@H]12. The second-order valence-electron chi connectivity index (χ2n) is 8.78. The molecule has 0 N–H and O–H groups in total. The summed E-state index contributed by atoms with van der Waals surface area (Å²) >= 11 is 0. The summed E-state index contributed by atoms with van der Waals surface area (Å²) in [5.41, 5.74) is 1.58. The Balaban J connectivity index is 1.68. The maximum Gasteiger partial charge on any atom is 0.306 e. The number of hydrogen-bond donors (Lipinski definition) is 0. The van der Waals surface area contributed by atoms with Gasteiger partial charge >= 0.3 is 5.97 Å². The van der Waals surface area contributed by atoms with Gasteiger partial charge in [0.25, 0.3) is 0 Å². The standard InChI is InChI=1S/C26H38O3/c1-4-6-10-20(3)11-9-13-22-15-16-23-17-21(18-25(22)23)12-7-8-14-26(28)29-19-24(27)5-2/h9,12-13,20,22-23,25H,5,7-8,10-11,14-19H2,1-3H3/b13-9+,21-12+/t20?,22?,23-,25-/m1/s1. The van der Waals surface area contributed by atoms with Gasteiger partial charge < -0.3 is 4.74 Å². The molecule has 2 fully saturated rings. The predicted molar refractivity (Wildman–Crippen MR) is 118 cm³/mol. The maximum atomic E-state index is 11.7.